The molecule has 0 aliphatic carbocycles. The van der Waals surface area contributed by atoms with E-state index < -0.39 is 0 Å². The number of pyridine rings is 2. The molecule has 0 radical (unpaired) electrons. The Morgan fingerprint density at radius 2 is 1.45 bits per heavy atom. The van der Waals surface area contributed by atoms with Crippen LogP contribution in [0.15, 0.2) is 103 Å². The van der Waals surface area contributed by atoms with E-state index in [0.717, 1.165) is 44.8 Å². The first kappa shape index (κ1) is 20.4. The number of hydrogen-bond acceptors (Lipinski definition) is 4. The molecule has 0 unspecified atom stereocenters. The van der Waals surface area contributed by atoms with E-state index in [9.17, 15) is 4.79 Å². The number of benzene rings is 3. The molecular formula is C28H22N4O. The van der Waals surface area contributed by atoms with Crippen molar-refractivity contribution in [1.82, 2.24) is 9.97 Å². The Kier molecular flexibility index (Phi) is 5.52. The van der Waals surface area contributed by atoms with Gasteiger partial charge in [-0.05, 0) is 73.7 Å². The third kappa shape index (κ3) is 4.57. The van der Waals surface area contributed by atoms with E-state index in [0.29, 0.717) is 5.56 Å². The fraction of sp³-hybridized carbons (Fsp3) is 0.0357. The monoisotopic (exact) mass is 430 g/mol. The van der Waals surface area contributed by atoms with Crippen molar-refractivity contribution in [3.63, 3.8) is 0 Å². The number of fused-ring (bicyclic) bond motifs is 1. The van der Waals surface area contributed by atoms with E-state index in [2.05, 4.69) is 15.6 Å². The number of anilines is 3. The van der Waals surface area contributed by atoms with Gasteiger partial charge in [-0.25, -0.2) is 4.98 Å². The van der Waals surface area contributed by atoms with Crippen LogP contribution in [0.2, 0.25) is 0 Å². The lowest BCUT2D eigenvalue weighted by atomic mass is 10.0. The summed E-state index contributed by atoms with van der Waals surface area (Å²) in [5.74, 6) is -0.174. The van der Waals surface area contributed by atoms with Gasteiger partial charge in [0.25, 0.3) is 5.91 Å². The molecule has 5 nitrogen and oxygen atoms in total. The zero-order chi connectivity index (χ0) is 22.6. The first-order chi connectivity index (χ1) is 16.2. The second kappa shape index (κ2) is 8.93. The van der Waals surface area contributed by atoms with Crippen molar-refractivity contribution in [2.24, 2.45) is 0 Å². The van der Waals surface area contributed by atoms with Crippen LogP contribution >= 0.6 is 0 Å². The summed E-state index contributed by atoms with van der Waals surface area (Å²) in [7, 11) is 0. The van der Waals surface area contributed by atoms with E-state index in [4.69, 9.17) is 4.98 Å². The Balaban J connectivity index is 1.44. The van der Waals surface area contributed by atoms with E-state index in [1.54, 1.807) is 12.4 Å². The molecule has 2 heterocycles. The van der Waals surface area contributed by atoms with E-state index >= 15 is 0 Å². The lowest BCUT2D eigenvalue weighted by Crippen LogP contribution is -2.13. The molecule has 0 aliphatic rings. The highest BCUT2D eigenvalue weighted by Gasteiger charge is 2.15. The number of nitrogens with one attached hydrogen (secondary N) is 2. The summed E-state index contributed by atoms with van der Waals surface area (Å²) in [6.45, 7) is 2.01. The SMILES string of the molecule is Cc1ccc2nc(-c3ccncc3)cc(C(=O)Nc3ccc(Nc4ccccc4)cc3)c2c1. The van der Waals surface area contributed by atoms with Crippen molar-refractivity contribution in [3.8, 4) is 11.3 Å². The first-order valence-electron chi connectivity index (χ1n) is 10.7. The van der Waals surface area contributed by atoms with Crippen LogP contribution in [0.3, 0.4) is 0 Å². The summed E-state index contributed by atoms with van der Waals surface area (Å²) in [6.07, 6.45) is 3.45. The average molecular weight is 431 g/mol. The number of rotatable bonds is 5. The van der Waals surface area contributed by atoms with E-state index in [1.807, 2.05) is 97.9 Å². The van der Waals surface area contributed by atoms with Gasteiger partial charge in [0.1, 0.15) is 0 Å². The predicted octanol–water partition coefficient (Wildman–Crippen LogP) is 6.60. The molecule has 5 aromatic rings. The van der Waals surface area contributed by atoms with Crippen molar-refractivity contribution in [2.75, 3.05) is 10.6 Å². The van der Waals surface area contributed by atoms with Crippen molar-refractivity contribution in [3.05, 3.63) is 115 Å². The van der Waals surface area contributed by atoms with Crippen LogP contribution in [0.1, 0.15) is 15.9 Å². The summed E-state index contributed by atoms with van der Waals surface area (Å²) in [5, 5.41) is 7.21. The minimum atomic E-state index is -0.174. The van der Waals surface area contributed by atoms with Crippen molar-refractivity contribution < 1.29 is 4.79 Å². The molecular weight excluding hydrogens is 408 g/mol. The molecule has 0 atom stereocenters. The molecule has 0 bridgehead atoms. The number of para-hydroxylation sites is 1. The minimum absolute atomic E-state index is 0.174. The van der Waals surface area contributed by atoms with Crippen molar-refractivity contribution in [1.29, 1.82) is 0 Å². The molecule has 0 saturated carbocycles. The largest absolute Gasteiger partial charge is 0.356 e. The maximum Gasteiger partial charge on any atom is 0.256 e. The topological polar surface area (TPSA) is 66.9 Å². The number of hydrogen-bond donors (Lipinski definition) is 2. The van der Waals surface area contributed by atoms with E-state index in [1.165, 1.54) is 0 Å². The molecule has 0 spiro atoms. The molecule has 33 heavy (non-hydrogen) atoms. The fourth-order valence-corrected chi connectivity index (χ4v) is 3.72. The highest BCUT2D eigenvalue weighted by molar-refractivity contribution is 6.13. The normalized spacial score (nSPS) is 10.7. The zero-order valence-corrected chi connectivity index (χ0v) is 18.1. The lowest BCUT2D eigenvalue weighted by Gasteiger charge is -2.12. The van der Waals surface area contributed by atoms with Gasteiger partial charge in [0, 0.05) is 40.4 Å². The van der Waals surface area contributed by atoms with Gasteiger partial charge in [-0.1, -0.05) is 29.8 Å². The zero-order valence-electron chi connectivity index (χ0n) is 18.1. The Labute approximate surface area is 192 Å². The number of carbonyl (C=O) groups excluding carboxylic acids is 1. The van der Waals surface area contributed by atoms with Gasteiger partial charge in [0.2, 0.25) is 0 Å². The summed E-state index contributed by atoms with van der Waals surface area (Å²) in [5.41, 5.74) is 6.78. The van der Waals surface area contributed by atoms with Gasteiger partial charge in [0.05, 0.1) is 16.8 Å². The second-order valence-electron chi connectivity index (χ2n) is 7.83. The van der Waals surface area contributed by atoms with Gasteiger partial charge in [-0.3, -0.25) is 9.78 Å². The van der Waals surface area contributed by atoms with Crippen molar-refractivity contribution in [2.45, 2.75) is 6.92 Å². The number of nitrogens with zero attached hydrogens (tertiary/aromatic N) is 2. The Bertz CT molecular complexity index is 1420. The lowest BCUT2D eigenvalue weighted by molar-refractivity contribution is 0.102. The van der Waals surface area contributed by atoms with Crippen LogP contribution in [0, 0.1) is 6.92 Å². The van der Waals surface area contributed by atoms with Crippen LogP contribution in [0.25, 0.3) is 22.2 Å². The molecule has 2 N–H and O–H groups in total. The van der Waals surface area contributed by atoms with Gasteiger partial charge in [-0.2, -0.15) is 0 Å². The Hall–Kier alpha value is -4.51. The number of carbonyl (C=O) groups is 1. The molecule has 0 fully saturated rings. The quantitative estimate of drug-likeness (QED) is 0.330. The number of aryl methyl sites for hydroxylation is 1. The van der Waals surface area contributed by atoms with Crippen LogP contribution in [0.4, 0.5) is 17.1 Å². The number of amides is 1. The first-order valence-corrected chi connectivity index (χ1v) is 10.7. The van der Waals surface area contributed by atoms with Gasteiger partial charge < -0.3 is 10.6 Å². The number of aromatic nitrogens is 2. The average Bonchev–Trinajstić information content (AvgIpc) is 2.86. The van der Waals surface area contributed by atoms with Crippen LogP contribution in [0.5, 0.6) is 0 Å². The maximum absolute atomic E-state index is 13.3. The Morgan fingerprint density at radius 3 is 2.21 bits per heavy atom. The van der Waals surface area contributed by atoms with Gasteiger partial charge in [-0.15, -0.1) is 0 Å². The maximum atomic E-state index is 13.3. The molecule has 160 valence electrons. The molecule has 3 aromatic carbocycles. The second-order valence-corrected chi connectivity index (χ2v) is 7.83. The molecule has 2 aromatic heterocycles. The van der Waals surface area contributed by atoms with Crippen LogP contribution < -0.4 is 10.6 Å². The van der Waals surface area contributed by atoms with Crippen LogP contribution in [-0.2, 0) is 0 Å². The summed E-state index contributed by atoms with van der Waals surface area (Å²) in [6, 6.07) is 29.2. The minimum Gasteiger partial charge on any atom is -0.356 e. The predicted molar refractivity (Wildman–Crippen MR) is 134 cm³/mol. The third-order valence-electron chi connectivity index (χ3n) is 5.39. The molecule has 5 heteroatoms. The van der Waals surface area contributed by atoms with Gasteiger partial charge in [0.15, 0.2) is 0 Å². The summed E-state index contributed by atoms with van der Waals surface area (Å²) >= 11 is 0. The van der Waals surface area contributed by atoms with E-state index in [-0.39, 0.29) is 5.91 Å². The van der Waals surface area contributed by atoms with Gasteiger partial charge >= 0.3 is 0 Å². The highest BCUT2D eigenvalue weighted by atomic mass is 16.1. The summed E-state index contributed by atoms with van der Waals surface area (Å²) < 4.78 is 0. The summed E-state index contributed by atoms with van der Waals surface area (Å²) in [4.78, 5) is 22.2. The standard InChI is InChI=1S/C28H22N4O/c1-19-7-12-26-24(17-19)25(18-27(32-26)20-13-15-29-16-14-20)28(33)31-23-10-8-22(9-11-23)30-21-5-3-2-4-6-21/h2-18,30H,1H3,(H,31,33). The third-order valence-corrected chi connectivity index (χ3v) is 5.39. The molecule has 0 saturated heterocycles. The fourth-order valence-electron chi connectivity index (χ4n) is 3.72. The Morgan fingerprint density at radius 1 is 0.758 bits per heavy atom. The smallest absolute Gasteiger partial charge is 0.256 e. The van der Waals surface area contributed by atoms with Crippen molar-refractivity contribution >= 4 is 33.9 Å². The molecule has 5 rings (SSSR count). The molecule has 1 amide bonds. The molecule has 0 aliphatic heterocycles. The highest BCUT2D eigenvalue weighted by Crippen LogP contribution is 2.27. The van der Waals surface area contributed by atoms with Crippen LogP contribution in [-0.4, -0.2) is 15.9 Å².